The van der Waals surface area contributed by atoms with Gasteiger partial charge in [-0.05, 0) is 24.3 Å². The number of nitrogens with zero attached hydrogens (tertiary/aromatic N) is 1. The smallest absolute Gasteiger partial charge is 0.288 e. The van der Waals surface area contributed by atoms with E-state index in [1.54, 1.807) is 0 Å². The van der Waals surface area contributed by atoms with Crippen LogP contribution in [0, 0.1) is 39.2 Å². The van der Waals surface area contributed by atoms with Crippen molar-refractivity contribution >= 4 is 29.1 Å². The van der Waals surface area contributed by atoms with Crippen LogP contribution in [0.2, 0.25) is 5.02 Å². The van der Waals surface area contributed by atoms with Gasteiger partial charge in [-0.25, -0.2) is 22.0 Å². The van der Waals surface area contributed by atoms with Crippen LogP contribution < -0.4 is 0 Å². The Morgan fingerprint density at radius 1 is 1.00 bits per heavy atom. The summed E-state index contributed by atoms with van der Waals surface area (Å²) in [7, 11) is 0. The average Bonchev–Trinajstić information content (AvgIpc) is 2.58. The fraction of sp³-hybridized carbons (Fsp3) is 0. The molecule has 0 aliphatic carbocycles. The Kier molecular flexibility index (Phi) is 5.17. The topological polar surface area (TPSA) is 60.2 Å². The van der Waals surface area contributed by atoms with E-state index in [1.165, 1.54) is 0 Å². The fourth-order valence-electron chi connectivity index (χ4n) is 1.83. The van der Waals surface area contributed by atoms with Crippen LogP contribution in [0.25, 0.3) is 6.08 Å². The van der Waals surface area contributed by atoms with Gasteiger partial charge in [-0.15, -0.1) is 0 Å². The molecule has 0 radical (unpaired) electrons. The lowest BCUT2D eigenvalue weighted by Crippen LogP contribution is -2.04. The number of ketones is 1. The lowest BCUT2D eigenvalue weighted by atomic mass is 10.1. The fourth-order valence-corrected chi connectivity index (χ4v) is 2.02. The summed E-state index contributed by atoms with van der Waals surface area (Å²) < 4.78 is 66.0. The summed E-state index contributed by atoms with van der Waals surface area (Å²) in [5, 5.41) is 10.5. The minimum Gasteiger partial charge on any atom is -0.289 e. The first-order valence-electron chi connectivity index (χ1n) is 6.33. The first-order chi connectivity index (χ1) is 11.6. The van der Waals surface area contributed by atoms with Crippen molar-refractivity contribution in [1.82, 2.24) is 0 Å². The predicted molar refractivity (Wildman–Crippen MR) is 77.7 cm³/mol. The molecular formula is C15H5ClF5NO3. The average molecular weight is 378 g/mol. The highest BCUT2D eigenvalue weighted by atomic mass is 35.5. The Morgan fingerprint density at radius 2 is 1.52 bits per heavy atom. The maximum Gasteiger partial charge on any atom is 0.288 e. The second kappa shape index (κ2) is 6.98. The van der Waals surface area contributed by atoms with Crippen LogP contribution >= 0.6 is 11.6 Å². The van der Waals surface area contributed by atoms with Gasteiger partial charge in [-0.3, -0.25) is 14.9 Å². The molecule has 0 saturated carbocycles. The summed E-state index contributed by atoms with van der Waals surface area (Å²) in [5.74, 6) is -11.8. The van der Waals surface area contributed by atoms with Crippen LogP contribution in [-0.4, -0.2) is 10.7 Å². The number of hydrogen-bond donors (Lipinski definition) is 0. The molecule has 0 atom stereocenters. The number of hydrogen-bond acceptors (Lipinski definition) is 3. The molecule has 0 N–H and O–H groups in total. The van der Waals surface area contributed by atoms with E-state index in [9.17, 15) is 36.9 Å². The number of benzene rings is 2. The van der Waals surface area contributed by atoms with Gasteiger partial charge in [-0.2, -0.15) is 0 Å². The van der Waals surface area contributed by atoms with Crippen LogP contribution in [0.5, 0.6) is 0 Å². The normalized spacial score (nSPS) is 11.1. The third kappa shape index (κ3) is 3.50. The molecule has 4 nitrogen and oxygen atoms in total. The summed E-state index contributed by atoms with van der Waals surface area (Å²) >= 11 is 5.57. The molecule has 25 heavy (non-hydrogen) atoms. The van der Waals surface area contributed by atoms with E-state index in [2.05, 4.69) is 0 Å². The summed E-state index contributed by atoms with van der Waals surface area (Å²) in [5.41, 5.74) is -2.17. The zero-order valence-electron chi connectivity index (χ0n) is 11.8. The second-order valence-electron chi connectivity index (χ2n) is 4.60. The van der Waals surface area contributed by atoms with E-state index in [1.807, 2.05) is 0 Å². The van der Waals surface area contributed by atoms with Gasteiger partial charge in [0.2, 0.25) is 5.82 Å². The summed E-state index contributed by atoms with van der Waals surface area (Å²) in [6.45, 7) is 0. The van der Waals surface area contributed by atoms with Crippen molar-refractivity contribution in [3.8, 4) is 0 Å². The summed E-state index contributed by atoms with van der Waals surface area (Å²) in [6.07, 6.45) is 0.907. The minimum absolute atomic E-state index is 0.245. The molecule has 10 heteroatoms. The van der Waals surface area contributed by atoms with Crippen molar-refractivity contribution in [2.75, 3.05) is 0 Å². The van der Waals surface area contributed by atoms with Crippen LogP contribution in [0.1, 0.15) is 15.9 Å². The van der Waals surface area contributed by atoms with Gasteiger partial charge >= 0.3 is 0 Å². The number of carbonyl (C=O) groups is 1. The molecule has 2 aromatic carbocycles. The lowest BCUT2D eigenvalue weighted by Gasteiger charge is -2.04. The molecule has 2 rings (SSSR count). The predicted octanol–water partition coefficient (Wildman–Crippen LogP) is 4.84. The molecule has 0 heterocycles. The van der Waals surface area contributed by atoms with E-state index in [4.69, 9.17) is 11.6 Å². The molecular weight excluding hydrogens is 373 g/mol. The van der Waals surface area contributed by atoms with Crippen LogP contribution in [0.4, 0.5) is 27.6 Å². The van der Waals surface area contributed by atoms with E-state index in [0.29, 0.717) is 12.2 Å². The molecule has 0 bridgehead atoms. The Hall–Kier alpha value is -2.81. The van der Waals surface area contributed by atoms with E-state index < -0.39 is 51.0 Å². The van der Waals surface area contributed by atoms with Crippen molar-refractivity contribution in [1.29, 1.82) is 0 Å². The third-order valence-corrected chi connectivity index (χ3v) is 3.39. The highest BCUT2D eigenvalue weighted by Gasteiger charge is 2.24. The zero-order chi connectivity index (χ0) is 18.9. The second-order valence-corrected chi connectivity index (χ2v) is 5.01. The van der Waals surface area contributed by atoms with Crippen molar-refractivity contribution in [2.24, 2.45) is 0 Å². The van der Waals surface area contributed by atoms with Crippen molar-refractivity contribution < 1.29 is 31.7 Å². The van der Waals surface area contributed by atoms with Crippen LogP contribution in [0.15, 0.2) is 24.3 Å². The van der Waals surface area contributed by atoms with Crippen molar-refractivity contribution in [2.45, 2.75) is 0 Å². The number of carbonyl (C=O) groups excluding carboxylic acids is 1. The molecule has 0 spiro atoms. The first-order valence-corrected chi connectivity index (χ1v) is 6.70. The van der Waals surface area contributed by atoms with E-state index in [-0.39, 0.29) is 10.6 Å². The monoisotopic (exact) mass is 377 g/mol. The molecule has 0 aliphatic heterocycles. The number of halogens is 6. The summed E-state index contributed by atoms with van der Waals surface area (Å²) in [6, 6.07) is 2.97. The van der Waals surface area contributed by atoms with Gasteiger partial charge in [0, 0.05) is 11.6 Å². The lowest BCUT2D eigenvalue weighted by molar-refractivity contribution is -0.384. The SMILES string of the molecule is O=C(C=Cc1c(F)c(F)c(F)c(F)c1F)c1ccc(Cl)c([N+](=O)[O-])c1. The van der Waals surface area contributed by atoms with Gasteiger partial charge in [0.05, 0.1) is 10.5 Å². The minimum atomic E-state index is -2.33. The number of nitro groups is 1. The van der Waals surface area contributed by atoms with E-state index >= 15 is 0 Å². The maximum atomic E-state index is 13.5. The Morgan fingerprint density at radius 3 is 2.04 bits per heavy atom. The van der Waals surface area contributed by atoms with Gasteiger partial charge in [0.15, 0.2) is 29.1 Å². The van der Waals surface area contributed by atoms with Crippen molar-refractivity contribution in [3.05, 3.63) is 79.6 Å². The highest BCUT2D eigenvalue weighted by molar-refractivity contribution is 6.32. The number of rotatable bonds is 4. The van der Waals surface area contributed by atoms with Gasteiger partial charge in [0.1, 0.15) is 5.02 Å². The quantitative estimate of drug-likeness (QED) is 0.146. The molecule has 0 aliphatic rings. The molecule has 0 aromatic heterocycles. The molecule has 2 aromatic rings. The van der Waals surface area contributed by atoms with Gasteiger partial charge in [-0.1, -0.05) is 11.6 Å². The van der Waals surface area contributed by atoms with Crippen LogP contribution in [0.3, 0.4) is 0 Å². The molecule has 0 fully saturated rings. The number of nitro benzene ring substituents is 1. The molecule has 0 amide bonds. The Bertz CT molecular complexity index is 901. The standard InChI is InChI=1S/C15H5ClF5NO3/c16-8-3-1-6(5-9(8)22(24)25)10(23)4-2-7-11(17)13(19)15(21)14(20)12(7)18/h1-5H. The van der Waals surface area contributed by atoms with Crippen LogP contribution in [-0.2, 0) is 0 Å². The molecule has 0 unspecified atom stereocenters. The first kappa shape index (κ1) is 18.5. The molecule has 0 saturated heterocycles. The summed E-state index contributed by atoms with van der Waals surface area (Å²) in [4.78, 5) is 21.8. The third-order valence-electron chi connectivity index (χ3n) is 3.07. The number of allylic oxidation sites excluding steroid dienone is 1. The molecule has 130 valence electrons. The largest absolute Gasteiger partial charge is 0.289 e. The highest BCUT2D eigenvalue weighted by Crippen LogP contribution is 2.26. The maximum absolute atomic E-state index is 13.5. The van der Waals surface area contributed by atoms with E-state index in [0.717, 1.165) is 18.2 Å². The van der Waals surface area contributed by atoms with Gasteiger partial charge in [0.25, 0.3) is 5.69 Å². The van der Waals surface area contributed by atoms with Crippen molar-refractivity contribution in [3.63, 3.8) is 0 Å². The zero-order valence-corrected chi connectivity index (χ0v) is 12.6. The van der Waals surface area contributed by atoms with Gasteiger partial charge < -0.3 is 0 Å². The Balaban J connectivity index is 2.43. The Labute approximate surface area is 141 Å².